The van der Waals surface area contributed by atoms with Gasteiger partial charge in [0.15, 0.2) is 0 Å². The van der Waals surface area contributed by atoms with Crippen LogP contribution in [0.1, 0.15) is 13.3 Å². The number of hydrogen-bond donors (Lipinski definition) is 1. The predicted octanol–water partition coefficient (Wildman–Crippen LogP) is -0.892. The van der Waals surface area contributed by atoms with Crippen molar-refractivity contribution in [3.63, 3.8) is 0 Å². The van der Waals surface area contributed by atoms with Gasteiger partial charge < -0.3 is 9.84 Å². The lowest BCUT2D eigenvalue weighted by Gasteiger charge is -1.95. The van der Waals surface area contributed by atoms with E-state index in [1.807, 2.05) is 0 Å². The van der Waals surface area contributed by atoms with Crippen molar-refractivity contribution in [2.24, 2.45) is 0 Å². The van der Waals surface area contributed by atoms with E-state index in [2.05, 4.69) is 4.74 Å². The Balaban J connectivity index is 0. The number of carbonyl (C=O) groups excluding carboxylic acids is 1. The molecule has 1 N–H and O–H groups in total. The van der Waals surface area contributed by atoms with Crippen LogP contribution < -0.4 is 0 Å². The summed E-state index contributed by atoms with van der Waals surface area (Å²) in [6.45, 7) is 1.20. The highest BCUT2D eigenvalue weighted by molar-refractivity contribution is 5.75. The minimum absolute atomic E-state index is 0. The van der Waals surface area contributed by atoms with E-state index in [1.165, 1.54) is 6.92 Å². The van der Waals surface area contributed by atoms with Gasteiger partial charge in [0.1, 0.15) is 6.61 Å². The van der Waals surface area contributed by atoms with Crippen LogP contribution in [-0.4, -0.2) is 46.7 Å². The molecular formula is C5H10MgO4. The number of rotatable bonds is 3. The molecule has 0 bridgehead atoms. The fraction of sp³-hybridized carbons (Fsp3) is 0.600. The van der Waals surface area contributed by atoms with Gasteiger partial charge in [0, 0.05) is 6.92 Å². The smallest absolute Gasteiger partial charge is 0.316 e. The molecule has 0 spiro atoms. The second-order valence-electron chi connectivity index (χ2n) is 1.48. The first-order valence-corrected chi connectivity index (χ1v) is 2.48. The minimum Gasteiger partial charge on any atom is -0.481 e. The number of carboxylic acid groups (broad SMARTS) is 1. The highest BCUT2D eigenvalue weighted by Gasteiger charge is 1.97. The number of hydrogen-bond acceptors (Lipinski definition) is 3. The average Bonchev–Trinajstić information content (AvgIpc) is 1.63. The highest BCUT2D eigenvalue weighted by Crippen LogP contribution is 1.81. The molecule has 5 heteroatoms. The molecule has 0 amide bonds. The van der Waals surface area contributed by atoms with Crippen molar-refractivity contribution < 1.29 is 19.4 Å². The maximum atomic E-state index is 10.0. The van der Waals surface area contributed by atoms with Crippen LogP contribution in [0.4, 0.5) is 0 Å². The second-order valence-corrected chi connectivity index (χ2v) is 1.48. The van der Waals surface area contributed by atoms with Gasteiger partial charge in [-0.3, -0.25) is 9.59 Å². The summed E-state index contributed by atoms with van der Waals surface area (Å²) in [4.78, 5) is 19.8. The number of ether oxygens (including phenoxy) is 1. The summed E-state index contributed by atoms with van der Waals surface area (Å²) in [6.07, 6.45) is -0.125. The van der Waals surface area contributed by atoms with Crippen molar-refractivity contribution >= 4 is 35.0 Å². The highest BCUT2D eigenvalue weighted by atomic mass is 24.3. The van der Waals surface area contributed by atoms with E-state index in [9.17, 15) is 9.59 Å². The Labute approximate surface area is 74.7 Å². The van der Waals surface area contributed by atoms with Crippen LogP contribution in [0, 0.1) is 0 Å². The molecule has 0 aromatic carbocycles. The van der Waals surface area contributed by atoms with Crippen molar-refractivity contribution in [3.8, 4) is 0 Å². The first-order chi connectivity index (χ1) is 4.13. The molecule has 0 rings (SSSR count). The van der Waals surface area contributed by atoms with Crippen LogP contribution in [0.25, 0.3) is 0 Å². The fourth-order valence-corrected chi connectivity index (χ4v) is 0.282. The molecule has 0 aliphatic rings. The van der Waals surface area contributed by atoms with Gasteiger partial charge in [0.25, 0.3) is 0 Å². The van der Waals surface area contributed by atoms with E-state index in [0.29, 0.717) is 0 Å². The quantitative estimate of drug-likeness (QED) is 0.427. The molecule has 4 nitrogen and oxygen atoms in total. The van der Waals surface area contributed by atoms with E-state index in [1.54, 1.807) is 0 Å². The first-order valence-electron chi connectivity index (χ1n) is 2.48. The van der Waals surface area contributed by atoms with Gasteiger partial charge >= 0.3 is 35.0 Å². The molecular weight excluding hydrogens is 148 g/mol. The Morgan fingerprint density at radius 3 is 2.30 bits per heavy atom. The number of aliphatic carboxylic acids is 1. The topological polar surface area (TPSA) is 63.6 Å². The lowest BCUT2D eigenvalue weighted by atomic mass is 10.5. The summed E-state index contributed by atoms with van der Waals surface area (Å²) in [6, 6.07) is 0. The summed E-state index contributed by atoms with van der Waals surface area (Å²) in [7, 11) is 0. The molecule has 0 fully saturated rings. The molecule has 0 aliphatic heterocycles. The molecule has 0 atom stereocenters. The van der Waals surface area contributed by atoms with Crippen LogP contribution in [0.5, 0.6) is 0 Å². The van der Waals surface area contributed by atoms with Crippen molar-refractivity contribution in [1.29, 1.82) is 0 Å². The third kappa shape index (κ3) is 10.6. The van der Waals surface area contributed by atoms with Gasteiger partial charge in [-0.1, -0.05) is 0 Å². The molecule has 0 heterocycles. The molecule has 0 radical (unpaired) electrons. The Hall–Kier alpha value is -0.294. The average molecular weight is 158 g/mol. The lowest BCUT2D eigenvalue weighted by molar-refractivity contribution is -0.144. The second kappa shape index (κ2) is 6.82. The predicted molar refractivity (Wildman–Crippen MR) is 37.4 cm³/mol. The van der Waals surface area contributed by atoms with Gasteiger partial charge in [-0.2, -0.15) is 0 Å². The van der Waals surface area contributed by atoms with Crippen LogP contribution in [-0.2, 0) is 14.3 Å². The van der Waals surface area contributed by atoms with Crippen molar-refractivity contribution in [2.75, 3.05) is 6.61 Å². The van der Waals surface area contributed by atoms with Crippen molar-refractivity contribution in [3.05, 3.63) is 0 Å². The Morgan fingerprint density at radius 1 is 1.50 bits per heavy atom. The summed E-state index contributed by atoms with van der Waals surface area (Å²) in [5.41, 5.74) is 0. The molecule has 0 unspecified atom stereocenters. The van der Waals surface area contributed by atoms with Gasteiger partial charge in [-0.15, -0.1) is 0 Å². The Morgan fingerprint density at radius 2 is 2.00 bits per heavy atom. The number of carbonyl (C=O) groups is 2. The molecule has 10 heavy (non-hydrogen) atoms. The summed E-state index contributed by atoms with van der Waals surface area (Å²) in [5.74, 6) is -1.41. The molecule has 56 valence electrons. The zero-order chi connectivity index (χ0) is 7.28. The Bertz CT molecular complexity index is 109. The fourth-order valence-electron chi connectivity index (χ4n) is 0.282. The normalized spacial score (nSPS) is 7.70. The van der Waals surface area contributed by atoms with Gasteiger partial charge in [-0.25, -0.2) is 0 Å². The maximum Gasteiger partial charge on any atom is 0.316 e. The van der Waals surface area contributed by atoms with Crippen LogP contribution in [0.2, 0.25) is 0 Å². The summed E-state index contributed by atoms with van der Waals surface area (Å²) in [5, 5.41) is 8.04. The number of carboxylic acids is 1. The van der Waals surface area contributed by atoms with E-state index in [0.717, 1.165) is 0 Å². The van der Waals surface area contributed by atoms with Crippen LogP contribution in [0.15, 0.2) is 0 Å². The summed E-state index contributed by atoms with van der Waals surface area (Å²) >= 11 is 0. The zero-order valence-electron chi connectivity index (χ0n) is 5.09. The number of esters is 1. The van der Waals surface area contributed by atoms with E-state index in [4.69, 9.17) is 5.11 Å². The molecule has 0 aliphatic carbocycles. The molecule has 0 saturated heterocycles. The van der Waals surface area contributed by atoms with Crippen LogP contribution >= 0.6 is 0 Å². The zero-order valence-corrected chi connectivity index (χ0v) is 5.09. The van der Waals surface area contributed by atoms with Crippen molar-refractivity contribution in [1.82, 2.24) is 0 Å². The summed E-state index contributed by atoms with van der Waals surface area (Å²) < 4.78 is 4.33. The van der Waals surface area contributed by atoms with E-state index in [-0.39, 0.29) is 36.1 Å². The van der Waals surface area contributed by atoms with E-state index < -0.39 is 11.9 Å². The van der Waals surface area contributed by atoms with Gasteiger partial charge in [-0.05, 0) is 0 Å². The van der Waals surface area contributed by atoms with Crippen molar-refractivity contribution in [2.45, 2.75) is 13.3 Å². The maximum absolute atomic E-state index is 10.0. The third-order valence-electron chi connectivity index (χ3n) is 0.621. The molecule has 0 aromatic rings. The third-order valence-corrected chi connectivity index (χ3v) is 0.621. The first kappa shape index (κ1) is 12.4. The van der Waals surface area contributed by atoms with Gasteiger partial charge in [0.05, 0.1) is 6.42 Å². The SMILES string of the molecule is CC(=O)OCCC(=O)O.[MgH2]. The molecule has 0 saturated carbocycles. The lowest BCUT2D eigenvalue weighted by Crippen LogP contribution is -2.05. The van der Waals surface area contributed by atoms with Crippen LogP contribution in [0.3, 0.4) is 0 Å². The molecule has 0 aromatic heterocycles. The Kier molecular flexibility index (Phi) is 8.45. The minimum atomic E-state index is -0.962. The monoisotopic (exact) mass is 158 g/mol. The van der Waals surface area contributed by atoms with Gasteiger partial charge in [0.2, 0.25) is 0 Å². The largest absolute Gasteiger partial charge is 0.481 e. The van der Waals surface area contributed by atoms with E-state index >= 15 is 0 Å². The standard InChI is InChI=1S/C5H8O4.Mg.2H/c1-4(6)9-3-2-5(7)8;;;/h2-3H2,1H3,(H,7,8);;;.